The monoisotopic (exact) mass is 525 g/mol. The zero-order chi connectivity index (χ0) is 22.1. The van der Waals surface area contributed by atoms with Crippen molar-refractivity contribution in [2.75, 3.05) is 18.9 Å². The van der Waals surface area contributed by atoms with E-state index in [0.29, 0.717) is 24.0 Å². The molecule has 0 aliphatic carbocycles. The maximum Gasteiger partial charge on any atom is 0.209 e. The second-order valence-corrected chi connectivity index (χ2v) is 9.07. The van der Waals surface area contributed by atoms with Gasteiger partial charge in [-0.05, 0) is 81.6 Å². The van der Waals surface area contributed by atoms with E-state index >= 15 is 0 Å². The Morgan fingerprint density at radius 1 is 1.16 bits per heavy atom. The summed E-state index contributed by atoms with van der Waals surface area (Å²) in [6.45, 7) is 4.61. The van der Waals surface area contributed by atoms with Crippen LogP contribution in [0, 0.1) is 0 Å². The lowest BCUT2D eigenvalue weighted by atomic mass is 10.2. The highest BCUT2D eigenvalue weighted by molar-refractivity contribution is 9.10. The number of ether oxygens (including phenoxy) is 2. The largest absolute Gasteiger partial charge is 0.490 e. The molecule has 0 aliphatic heterocycles. The Bertz CT molecular complexity index is 971. The molecule has 1 aromatic heterocycles. The van der Waals surface area contributed by atoms with Crippen molar-refractivity contribution in [3.05, 3.63) is 57.0 Å². The van der Waals surface area contributed by atoms with Crippen LogP contribution in [0.25, 0.3) is 0 Å². The molecular formula is C21H25BrClN5O2S. The molecule has 0 saturated heterocycles. The van der Waals surface area contributed by atoms with Gasteiger partial charge in [-0.1, -0.05) is 35.5 Å². The van der Waals surface area contributed by atoms with Crippen molar-refractivity contribution >= 4 is 39.3 Å². The summed E-state index contributed by atoms with van der Waals surface area (Å²) >= 11 is 11.2. The minimum absolute atomic E-state index is 0.437. The van der Waals surface area contributed by atoms with Crippen LogP contribution in [0.15, 0.2) is 46.0 Å². The summed E-state index contributed by atoms with van der Waals surface area (Å²) in [6, 6.07) is 11.7. The zero-order valence-electron chi connectivity index (χ0n) is 17.5. The van der Waals surface area contributed by atoms with E-state index in [2.05, 4.69) is 42.8 Å². The zero-order valence-corrected chi connectivity index (χ0v) is 20.6. The van der Waals surface area contributed by atoms with Gasteiger partial charge < -0.3 is 14.8 Å². The number of nitrogens with zero attached hydrogens (tertiary/aromatic N) is 4. The fraction of sp³-hybridized carbons (Fsp3) is 0.381. The molecule has 0 aliphatic rings. The Morgan fingerprint density at radius 3 is 2.68 bits per heavy atom. The molecule has 3 rings (SSSR count). The number of hydrogen-bond acceptors (Lipinski definition) is 7. The van der Waals surface area contributed by atoms with Crippen LogP contribution < -0.4 is 14.8 Å². The van der Waals surface area contributed by atoms with Gasteiger partial charge in [0, 0.05) is 24.4 Å². The standard InChI is InChI=1S/C21H25BrClN5O2S/c1-3-29-19-12-16(13-24-9-4-10-31-21-25-26-27-28(21)2)11-18(22)20(19)30-14-15-5-7-17(23)8-6-15/h5-8,11-12,24H,3-4,9-10,13-14H2,1-2H3. The first kappa shape index (κ1) is 23.8. The van der Waals surface area contributed by atoms with Gasteiger partial charge in [0.1, 0.15) is 6.61 Å². The van der Waals surface area contributed by atoms with Gasteiger partial charge in [-0.15, -0.1) is 5.10 Å². The van der Waals surface area contributed by atoms with Crippen LogP contribution in [0.4, 0.5) is 0 Å². The molecule has 3 aromatic rings. The quantitative estimate of drug-likeness (QED) is 0.266. The summed E-state index contributed by atoms with van der Waals surface area (Å²) in [5.41, 5.74) is 2.17. The average molecular weight is 527 g/mol. The number of benzene rings is 2. The maximum absolute atomic E-state index is 6.05. The fourth-order valence-electron chi connectivity index (χ4n) is 2.80. The molecule has 1 N–H and O–H groups in total. The molecule has 7 nitrogen and oxygen atoms in total. The molecule has 0 radical (unpaired) electrons. The first-order valence-corrected chi connectivity index (χ1v) is 12.1. The third kappa shape index (κ3) is 7.38. The number of tetrazole rings is 1. The number of thioether (sulfide) groups is 1. The Labute approximate surface area is 200 Å². The highest BCUT2D eigenvalue weighted by Crippen LogP contribution is 2.37. The van der Waals surface area contributed by atoms with Crippen LogP contribution in [-0.4, -0.2) is 39.1 Å². The Balaban J connectivity index is 1.51. The van der Waals surface area contributed by atoms with Crippen molar-refractivity contribution < 1.29 is 9.47 Å². The molecule has 2 aromatic carbocycles. The molecule has 0 unspecified atom stereocenters. The van der Waals surface area contributed by atoms with Gasteiger partial charge in [-0.25, -0.2) is 4.68 Å². The topological polar surface area (TPSA) is 74.1 Å². The lowest BCUT2D eigenvalue weighted by Gasteiger charge is -2.16. The molecule has 0 amide bonds. The van der Waals surface area contributed by atoms with Crippen LogP contribution in [0.2, 0.25) is 5.02 Å². The van der Waals surface area contributed by atoms with Crippen molar-refractivity contribution in [2.45, 2.75) is 31.7 Å². The van der Waals surface area contributed by atoms with E-state index < -0.39 is 0 Å². The summed E-state index contributed by atoms with van der Waals surface area (Å²) < 4.78 is 14.4. The number of halogens is 2. The lowest BCUT2D eigenvalue weighted by molar-refractivity contribution is 0.267. The Hall–Kier alpha value is -1.81. The maximum atomic E-state index is 6.05. The minimum atomic E-state index is 0.437. The van der Waals surface area contributed by atoms with E-state index in [-0.39, 0.29) is 0 Å². The summed E-state index contributed by atoms with van der Waals surface area (Å²) in [5.74, 6) is 2.38. The molecule has 1 heterocycles. The van der Waals surface area contributed by atoms with Crippen molar-refractivity contribution in [1.29, 1.82) is 0 Å². The Morgan fingerprint density at radius 2 is 1.97 bits per heavy atom. The van der Waals surface area contributed by atoms with Crippen LogP contribution in [0.3, 0.4) is 0 Å². The van der Waals surface area contributed by atoms with Crippen molar-refractivity contribution in [3.63, 3.8) is 0 Å². The van der Waals surface area contributed by atoms with Crippen molar-refractivity contribution in [2.24, 2.45) is 7.05 Å². The highest BCUT2D eigenvalue weighted by atomic mass is 79.9. The van der Waals surface area contributed by atoms with E-state index in [0.717, 1.165) is 51.8 Å². The molecular weight excluding hydrogens is 502 g/mol. The SMILES string of the molecule is CCOc1cc(CNCCCSc2nnnn2C)cc(Br)c1OCc1ccc(Cl)cc1. The second kappa shape index (κ2) is 12.3. The van der Waals surface area contributed by atoms with Crippen LogP contribution >= 0.6 is 39.3 Å². The van der Waals surface area contributed by atoms with Gasteiger partial charge in [0.05, 0.1) is 11.1 Å². The highest BCUT2D eigenvalue weighted by Gasteiger charge is 2.13. The third-order valence-corrected chi connectivity index (χ3v) is 6.24. The normalized spacial score (nSPS) is 11.0. The van der Waals surface area contributed by atoms with Gasteiger partial charge in [-0.2, -0.15) is 0 Å². The fourth-order valence-corrected chi connectivity index (χ4v) is 4.32. The van der Waals surface area contributed by atoms with Crippen LogP contribution in [-0.2, 0) is 20.2 Å². The second-order valence-electron chi connectivity index (χ2n) is 6.72. The molecule has 31 heavy (non-hydrogen) atoms. The van der Waals surface area contributed by atoms with Crippen LogP contribution in [0.1, 0.15) is 24.5 Å². The number of aromatic nitrogens is 4. The summed E-state index contributed by atoms with van der Waals surface area (Å²) in [5, 5.41) is 16.5. The summed E-state index contributed by atoms with van der Waals surface area (Å²) in [7, 11) is 1.84. The van der Waals surface area contributed by atoms with Gasteiger partial charge >= 0.3 is 0 Å². The van der Waals surface area contributed by atoms with E-state index in [1.54, 1.807) is 16.4 Å². The lowest BCUT2D eigenvalue weighted by Crippen LogP contribution is -2.15. The van der Waals surface area contributed by atoms with E-state index in [1.165, 1.54) is 0 Å². The molecule has 0 fully saturated rings. The van der Waals surface area contributed by atoms with Crippen LogP contribution in [0.5, 0.6) is 11.5 Å². The van der Waals surface area contributed by atoms with Crippen molar-refractivity contribution in [3.8, 4) is 11.5 Å². The summed E-state index contributed by atoms with van der Waals surface area (Å²) in [4.78, 5) is 0. The smallest absolute Gasteiger partial charge is 0.209 e. The van der Waals surface area contributed by atoms with E-state index in [1.807, 2.05) is 44.3 Å². The molecule has 0 spiro atoms. The first-order chi connectivity index (χ1) is 15.1. The molecule has 10 heteroatoms. The number of aryl methyl sites for hydroxylation is 1. The molecule has 166 valence electrons. The van der Waals surface area contributed by atoms with Gasteiger partial charge in [0.25, 0.3) is 0 Å². The minimum Gasteiger partial charge on any atom is -0.490 e. The number of nitrogens with one attached hydrogen (secondary N) is 1. The average Bonchev–Trinajstić information content (AvgIpc) is 3.16. The summed E-state index contributed by atoms with van der Waals surface area (Å²) in [6.07, 6.45) is 1.01. The Kier molecular flexibility index (Phi) is 9.45. The van der Waals surface area contributed by atoms with E-state index in [4.69, 9.17) is 21.1 Å². The molecule has 0 bridgehead atoms. The predicted molar refractivity (Wildman–Crippen MR) is 127 cm³/mol. The third-order valence-electron chi connectivity index (χ3n) is 4.31. The molecule has 0 saturated carbocycles. The van der Waals surface area contributed by atoms with E-state index in [9.17, 15) is 0 Å². The van der Waals surface area contributed by atoms with Gasteiger partial charge in [0.15, 0.2) is 11.5 Å². The number of rotatable bonds is 12. The predicted octanol–water partition coefficient (Wildman–Crippen LogP) is 4.88. The van der Waals surface area contributed by atoms with Gasteiger partial charge in [0.2, 0.25) is 5.16 Å². The van der Waals surface area contributed by atoms with Crippen molar-refractivity contribution in [1.82, 2.24) is 25.5 Å². The first-order valence-electron chi connectivity index (χ1n) is 9.95. The van der Waals surface area contributed by atoms with Gasteiger partial charge in [-0.3, -0.25) is 0 Å². The number of hydrogen-bond donors (Lipinski definition) is 1. The molecule has 0 atom stereocenters.